The molecule has 0 aliphatic heterocycles. The highest BCUT2D eigenvalue weighted by molar-refractivity contribution is 5.10. The van der Waals surface area contributed by atoms with Gasteiger partial charge < -0.3 is 5.32 Å². The summed E-state index contributed by atoms with van der Waals surface area (Å²) in [6, 6.07) is 0.950. The molecule has 0 spiro atoms. The molecule has 1 aromatic heterocycles. The van der Waals surface area contributed by atoms with Gasteiger partial charge in [0.25, 0.3) is 0 Å². The molecule has 2 atom stereocenters. The Morgan fingerprint density at radius 3 is 2.60 bits per heavy atom. The Bertz CT molecular complexity index is 280. The molecule has 15 heavy (non-hydrogen) atoms. The lowest BCUT2D eigenvalue weighted by Gasteiger charge is -2.13. The van der Waals surface area contributed by atoms with Crippen molar-refractivity contribution in [2.75, 3.05) is 6.54 Å². The fourth-order valence-corrected chi connectivity index (χ4v) is 1.71. The normalized spacial score (nSPS) is 15.2. The lowest BCUT2D eigenvalue weighted by Crippen LogP contribution is -2.19. The lowest BCUT2D eigenvalue weighted by atomic mass is 10.1. The predicted octanol–water partition coefficient (Wildman–Crippen LogP) is 2.91. The predicted molar refractivity (Wildman–Crippen MR) is 63.9 cm³/mol. The average Bonchev–Trinajstić information content (AvgIpc) is 2.73. The summed E-state index contributed by atoms with van der Waals surface area (Å²) in [6.07, 6.45) is 6.40. The Kier molecular flexibility index (Phi) is 4.82. The third-order valence-corrected chi connectivity index (χ3v) is 2.93. The maximum atomic E-state index is 4.41. The van der Waals surface area contributed by atoms with E-state index in [1.807, 2.05) is 6.20 Å². The fourth-order valence-electron chi connectivity index (χ4n) is 1.71. The molecule has 0 saturated heterocycles. The van der Waals surface area contributed by atoms with E-state index < -0.39 is 0 Å². The maximum Gasteiger partial charge on any atom is 0.0537 e. The van der Waals surface area contributed by atoms with Gasteiger partial charge in [0.1, 0.15) is 0 Å². The molecule has 0 bridgehead atoms. The van der Waals surface area contributed by atoms with Crippen LogP contribution in [0.25, 0.3) is 0 Å². The van der Waals surface area contributed by atoms with Crippen LogP contribution in [0.4, 0.5) is 0 Å². The van der Waals surface area contributed by atoms with E-state index in [-0.39, 0.29) is 0 Å². The molecule has 0 aliphatic carbocycles. The van der Waals surface area contributed by atoms with Crippen LogP contribution >= 0.6 is 0 Å². The van der Waals surface area contributed by atoms with Crippen LogP contribution in [0.3, 0.4) is 0 Å². The van der Waals surface area contributed by atoms with Gasteiger partial charge in [-0.05, 0) is 26.3 Å². The summed E-state index contributed by atoms with van der Waals surface area (Å²) in [5.74, 6) is 0. The van der Waals surface area contributed by atoms with Gasteiger partial charge in [-0.15, -0.1) is 0 Å². The monoisotopic (exact) mass is 209 g/mol. The van der Waals surface area contributed by atoms with Crippen molar-refractivity contribution in [3.8, 4) is 0 Å². The third kappa shape index (κ3) is 3.06. The van der Waals surface area contributed by atoms with E-state index in [0.29, 0.717) is 12.1 Å². The molecule has 3 heteroatoms. The molecule has 2 unspecified atom stereocenters. The molecule has 1 N–H and O–H groups in total. The van der Waals surface area contributed by atoms with Crippen molar-refractivity contribution in [2.24, 2.45) is 0 Å². The maximum absolute atomic E-state index is 4.41. The average molecular weight is 209 g/mol. The van der Waals surface area contributed by atoms with Crippen LogP contribution in [-0.2, 0) is 0 Å². The summed E-state index contributed by atoms with van der Waals surface area (Å²) in [5, 5.41) is 7.88. The summed E-state index contributed by atoms with van der Waals surface area (Å²) in [4.78, 5) is 0. The molecule has 0 aromatic carbocycles. The van der Waals surface area contributed by atoms with E-state index in [9.17, 15) is 0 Å². The van der Waals surface area contributed by atoms with Crippen LogP contribution < -0.4 is 5.32 Å². The summed E-state index contributed by atoms with van der Waals surface area (Å²) in [6.45, 7) is 9.74. The van der Waals surface area contributed by atoms with Gasteiger partial charge in [-0.1, -0.05) is 20.8 Å². The second-order valence-corrected chi connectivity index (χ2v) is 4.03. The largest absolute Gasteiger partial charge is 0.310 e. The summed E-state index contributed by atoms with van der Waals surface area (Å²) >= 11 is 0. The van der Waals surface area contributed by atoms with Crippen molar-refractivity contribution in [3.63, 3.8) is 0 Å². The molecule has 0 radical (unpaired) electrons. The van der Waals surface area contributed by atoms with Gasteiger partial charge in [0, 0.05) is 23.8 Å². The molecular weight excluding hydrogens is 186 g/mol. The Balaban J connectivity index is 2.72. The topological polar surface area (TPSA) is 29.9 Å². The Labute approximate surface area is 92.9 Å². The van der Waals surface area contributed by atoms with E-state index in [2.05, 4.69) is 49.0 Å². The molecule has 86 valence electrons. The standard InChI is InChI=1S/C12H23N3/c1-5-10(4)15-9-11(8-14-15)12(6-2)13-7-3/h8-10,12-13H,5-7H2,1-4H3. The summed E-state index contributed by atoms with van der Waals surface area (Å²) in [7, 11) is 0. The molecular formula is C12H23N3. The van der Waals surface area contributed by atoms with E-state index in [0.717, 1.165) is 19.4 Å². The van der Waals surface area contributed by atoms with Crippen LogP contribution in [0.15, 0.2) is 12.4 Å². The zero-order valence-corrected chi connectivity index (χ0v) is 10.3. The summed E-state index contributed by atoms with van der Waals surface area (Å²) < 4.78 is 2.06. The van der Waals surface area contributed by atoms with Gasteiger partial charge in [0.05, 0.1) is 6.20 Å². The van der Waals surface area contributed by atoms with Crippen molar-refractivity contribution < 1.29 is 0 Å². The second kappa shape index (κ2) is 5.91. The number of nitrogens with one attached hydrogen (secondary N) is 1. The molecule has 1 aromatic rings. The molecule has 3 nitrogen and oxygen atoms in total. The highest BCUT2D eigenvalue weighted by atomic mass is 15.3. The number of nitrogens with zero attached hydrogens (tertiary/aromatic N) is 2. The Morgan fingerprint density at radius 1 is 1.33 bits per heavy atom. The van der Waals surface area contributed by atoms with Crippen LogP contribution in [0.5, 0.6) is 0 Å². The number of hydrogen-bond acceptors (Lipinski definition) is 2. The Morgan fingerprint density at radius 2 is 2.07 bits per heavy atom. The van der Waals surface area contributed by atoms with Crippen LogP contribution in [0.1, 0.15) is 58.2 Å². The third-order valence-electron chi connectivity index (χ3n) is 2.93. The number of aromatic nitrogens is 2. The molecule has 0 saturated carbocycles. The van der Waals surface area contributed by atoms with E-state index in [4.69, 9.17) is 0 Å². The zero-order valence-electron chi connectivity index (χ0n) is 10.3. The van der Waals surface area contributed by atoms with Gasteiger partial charge in [0.2, 0.25) is 0 Å². The van der Waals surface area contributed by atoms with Crippen molar-refractivity contribution in [1.82, 2.24) is 15.1 Å². The fraction of sp³-hybridized carbons (Fsp3) is 0.750. The molecule has 1 rings (SSSR count). The van der Waals surface area contributed by atoms with Crippen molar-refractivity contribution in [2.45, 2.75) is 52.6 Å². The molecule has 0 fully saturated rings. The Hall–Kier alpha value is -0.830. The quantitative estimate of drug-likeness (QED) is 0.780. The molecule has 1 heterocycles. The first-order chi connectivity index (χ1) is 7.22. The minimum atomic E-state index is 0.452. The van der Waals surface area contributed by atoms with Gasteiger partial charge in [-0.3, -0.25) is 4.68 Å². The zero-order chi connectivity index (χ0) is 11.3. The van der Waals surface area contributed by atoms with Crippen molar-refractivity contribution >= 4 is 0 Å². The van der Waals surface area contributed by atoms with Crippen molar-refractivity contribution in [3.05, 3.63) is 18.0 Å². The molecule has 0 aliphatic rings. The minimum Gasteiger partial charge on any atom is -0.310 e. The van der Waals surface area contributed by atoms with Gasteiger partial charge in [-0.2, -0.15) is 5.10 Å². The van der Waals surface area contributed by atoms with Crippen LogP contribution in [0.2, 0.25) is 0 Å². The van der Waals surface area contributed by atoms with E-state index in [1.54, 1.807) is 0 Å². The first-order valence-corrected chi connectivity index (χ1v) is 6.00. The number of rotatable bonds is 6. The first-order valence-electron chi connectivity index (χ1n) is 6.00. The second-order valence-electron chi connectivity index (χ2n) is 4.03. The van der Waals surface area contributed by atoms with Crippen LogP contribution in [-0.4, -0.2) is 16.3 Å². The van der Waals surface area contributed by atoms with E-state index in [1.165, 1.54) is 5.56 Å². The van der Waals surface area contributed by atoms with E-state index >= 15 is 0 Å². The summed E-state index contributed by atoms with van der Waals surface area (Å²) in [5.41, 5.74) is 1.31. The highest BCUT2D eigenvalue weighted by Gasteiger charge is 2.11. The smallest absolute Gasteiger partial charge is 0.0537 e. The van der Waals surface area contributed by atoms with Crippen LogP contribution in [0, 0.1) is 0 Å². The minimum absolute atomic E-state index is 0.452. The van der Waals surface area contributed by atoms with Gasteiger partial charge in [-0.25, -0.2) is 0 Å². The van der Waals surface area contributed by atoms with Gasteiger partial charge >= 0.3 is 0 Å². The molecule has 0 amide bonds. The SMILES string of the molecule is CCNC(CC)c1cnn(C(C)CC)c1. The first kappa shape index (κ1) is 12.2. The lowest BCUT2D eigenvalue weighted by molar-refractivity contribution is 0.475. The van der Waals surface area contributed by atoms with Gasteiger partial charge in [0.15, 0.2) is 0 Å². The number of hydrogen-bond donors (Lipinski definition) is 1. The van der Waals surface area contributed by atoms with Crippen molar-refractivity contribution in [1.29, 1.82) is 0 Å². The highest BCUT2D eigenvalue weighted by Crippen LogP contribution is 2.18.